The van der Waals surface area contributed by atoms with E-state index in [0.29, 0.717) is 0 Å². The molecule has 0 spiro atoms. The third-order valence-corrected chi connectivity index (χ3v) is 3.07. The fraction of sp³-hybridized carbons (Fsp3) is 0.300. The number of hydrazone groups is 1. The van der Waals surface area contributed by atoms with Gasteiger partial charge in [-0.1, -0.05) is 6.92 Å². The van der Waals surface area contributed by atoms with Crippen LogP contribution >= 0.6 is 11.3 Å². The zero-order chi connectivity index (χ0) is 10.7. The molecule has 0 unspecified atom stereocenters. The van der Waals surface area contributed by atoms with E-state index in [0.717, 1.165) is 22.5 Å². The van der Waals surface area contributed by atoms with Crippen LogP contribution in [0.3, 0.4) is 0 Å². The summed E-state index contributed by atoms with van der Waals surface area (Å²) in [7, 11) is 0. The normalized spacial score (nSPS) is 11.3. The van der Waals surface area contributed by atoms with E-state index >= 15 is 0 Å². The summed E-state index contributed by atoms with van der Waals surface area (Å²) in [6, 6.07) is 0. The van der Waals surface area contributed by atoms with Gasteiger partial charge in [-0.15, -0.1) is 11.3 Å². The van der Waals surface area contributed by atoms with Crippen molar-refractivity contribution in [3.63, 3.8) is 0 Å². The van der Waals surface area contributed by atoms with Crippen molar-refractivity contribution in [1.29, 1.82) is 0 Å². The second-order valence-corrected chi connectivity index (χ2v) is 4.03. The molecule has 0 fully saturated rings. The van der Waals surface area contributed by atoms with Crippen LogP contribution in [0.15, 0.2) is 16.8 Å². The van der Waals surface area contributed by atoms with Gasteiger partial charge >= 0.3 is 0 Å². The SMILES string of the molecule is CC/C=N/Nc1ncnc2c(C)csc12. The first kappa shape index (κ1) is 10.0. The molecule has 0 saturated heterocycles. The average Bonchev–Trinajstić information content (AvgIpc) is 2.62. The van der Waals surface area contributed by atoms with Crippen molar-refractivity contribution in [2.45, 2.75) is 20.3 Å². The highest BCUT2D eigenvalue weighted by Gasteiger charge is 2.06. The summed E-state index contributed by atoms with van der Waals surface area (Å²) in [5.74, 6) is 0.780. The molecular formula is C10H12N4S. The van der Waals surface area contributed by atoms with Gasteiger partial charge in [-0.05, 0) is 24.3 Å². The molecule has 0 amide bonds. The summed E-state index contributed by atoms with van der Waals surface area (Å²) < 4.78 is 1.06. The minimum atomic E-state index is 0.780. The van der Waals surface area contributed by atoms with E-state index in [1.165, 1.54) is 5.56 Å². The zero-order valence-electron chi connectivity index (χ0n) is 8.69. The molecule has 2 aromatic heterocycles. The maximum atomic E-state index is 4.24. The molecule has 0 radical (unpaired) electrons. The number of hydrogen-bond acceptors (Lipinski definition) is 5. The summed E-state index contributed by atoms with van der Waals surface area (Å²) in [6.45, 7) is 4.08. The van der Waals surface area contributed by atoms with Gasteiger partial charge in [-0.2, -0.15) is 5.10 Å². The number of nitrogens with one attached hydrogen (secondary N) is 1. The predicted octanol–water partition coefficient (Wildman–Crippen LogP) is 2.81. The molecule has 15 heavy (non-hydrogen) atoms. The molecular weight excluding hydrogens is 208 g/mol. The molecule has 2 heterocycles. The molecule has 0 bridgehead atoms. The lowest BCUT2D eigenvalue weighted by molar-refractivity contribution is 1.17. The van der Waals surface area contributed by atoms with E-state index in [2.05, 4.69) is 25.9 Å². The third kappa shape index (κ3) is 1.97. The van der Waals surface area contributed by atoms with E-state index in [9.17, 15) is 0 Å². The van der Waals surface area contributed by atoms with Crippen molar-refractivity contribution in [3.05, 3.63) is 17.3 Å². The predicted molar refractivity (Wildman–Crippen MR) is 64.6 cm³/mol. The zero-order valence-corrected chi connectivity index (χ0v) is 9.51. The van der Waals surface area contributed by atoms with Crippen molar-refractivity contribution in [1.82, 2.24) is 9.97 Å². The molecule has 0 saturated carbocycles. The van der Waals surface area contributed by atoms with Gasteiger partial charge in [-0.3, -0.25) is 5.43 Å². The maximum absolute atomic E-state index is 4.24. The van der Waals surface area contributed by atoms with Gasteiger partial charge in [0.25, 0.3) is 0 Å². The van der Waals surface area contributed by atoms with Gasteiger partial charge in [0.1, 0.15) is 6.33 Å². The van der Waals surface area contributed by atoms with Crippen molar-refractivity contribution in [3.8, 4) is 0 Å². The highest BCUT2D eigenvalue weighted by molar-refractivity contribution is 7.17. The number of rotatable bonds is 3. The van der Waals surface area contributed by atoms with Gasteiger partial charge in [0.15, 0.2) is 5.82 Å². The van der Waals surface area contributed by atoms with Gasteiger partial charge in [0.05, 0.1) is 10.2 Å². The lowest BCUT2D eigenvalue weighted by Gasteiger charge is -1.99. The minimum Gasteiger partial charge on any atom is -0.260 e. The van der Waals surface area contributed by atoms with E-state index < -0.39 is 0 Å². The molecule has 0 aromatic carbocycles. The molecule has 78 valence electrons. The van der Waals surface area contributed by atoms with E-state index in [1.807, 2.05) is 20.1 Å². The second-order valence-electron chi connectivity index (χ2n) is 3.15. The topological polar surface area (TPSA) is 50.2 Å². The molecule has 2 aromatic rings. The van der Waals surface area contributed by atoms with Gasteiger partial charge in [0.2, 0.25) is 0 Å². The summed E-state index contributed by atoms with van der Waals surface area (Å²) in [6.07, 6.45) is 4.28. The van der Waals surface area contributed by atoms with Crippen LogP contribution in [0.2, 0.25) is 0 Å². The Balaban J connectivity index is 2.38. The van der Waals surface area contributed by atoms with Crippen LogP contribution in [0.5, 0.6) is 0 Å². The molecule has 2 rings (SSSR count). The van der Waals surface area contributed by atoms with Crippen LogP contribution in [0.25, 0.3) is 10.2 Å². The number of aromatic nitrogens is 2. The Morgan fingerprint density at radius 2 is 2.40 bits per heavy atom. The maximum Gasteiger partial charge on any atom is 0.167 e. The summed E-state index contributed by atoms with van der Waals surface area (Å²) >= 11 is 1.64. The van der Waals surface area contributed by atoms with Crippen molar-refractivity contribution >= 4 is 33.6 Å². The lowest BCUT2D eigenvalue weighted by atomic mass is 10.3. The Morgan fingerprint density at radius 3 is 3.20 bits per heavy atom. The highest BCUT2D eigenvalue weighted by atomic mass is 32.1. The lowest BCUT2D eigenvalue weighted by Crippen LogP contribution is -1.93. The molecule has 5 heteroatoms. The second kappa shape index (κ2) is 4.35. The van der Waals surface area contributed by atoms with Crippen molar-refractivity contribution < 1.29 is 0 Å². The van der Waals surface area contributed by atoms with Crippen molar-refractivity contribution in [2.24, 2.45) is 5.10 Å². The fourth-order valence-corrected chi connectivity index (χ4v) is 2.19. The van der Waals surface area contributed by atoms with Gasteiger partial charge < -0.3 is 0 Å². The quantitative estimate of drug-likeness (QED) is 0.639. The smallest absolute Gasteiger partial charge is 0.167 e. The largest absolute Gasteiger partial charge is 0.260 e. The first-order valence-electron chi connectivity index (χ1n) is 4.79. The molecule has 0 atom stereocenters. The number of thiophene rings is 1. The van der Waals surface area contributed by atoms with Crippen molar-refractivity contribution in [2.75, 3.05) is 5.43 Å². The Morgan fingerprint density at radius 1 is 1.53 bits per heavy atom. The first-order chi connectivity index (χ1) is 7.33. The molecule has 1 N–H and O–H groups in total. The van der Waals surface area contributed by atoms with Gasteiger partial charge in [-0.25, -0.2) is 9.97 Å². The molecule has 0 aliphatic heterocycles. The monoisotopic (exact) mass is 220 g/mol. The third-order valence-electron chi connectivity index (χ3n) is 1.98. The summed E-state index contributed by atoms with van der Waals surface area (Å²) in [5.41, 5.74) is 5.12. The van der Waals surface area contributed by atoms with Crippen LogP contribution in [-0.4, -0.2) is 16.2 Å². The average molecular weight is 220 g/mol. The molecule has 0 aliphatic carbocycles. The fourth-order valence-electron chi connectivity index (χ4n) is 1.25. The highest BCUT2D eigenvalue weighted by Crippen LogP contribution is 2.28. The standard InChI is InChI=1S/C10H12N4S/c1-3-4-13-14-10-9-8(11-6-12-10)7(2)5-15-9/h4-6H,3H2,1-2H3,(H,11,12,14)/b13-4+. The van der Waals surface area contributed by atoms with E-state index in [1.54, 1.807) is 17.7 Å². The minimum absolute atomic E-state index is 0.780. The number of fused-ring (bicyclic) bond motifs is 1. The first-order valence-corrected chi connectivity index (χ1v) is 5.67. The van der Waals surface area contributed by atoms with Crippen LogP contribution in [0.1, 0.15) is 18.9 Å². The molecule has 4 nitrogen and oxygen atoms in total. The Hall–Kier alpha value is -1.49. The van der Waals surface area contributed by atoms with Crippen LogP contribution in [0, 0.1) is 6.92 Å². The van der Waals surface area contributed by atoms with E-state index in [-0.39, 0.29) is 0 Å². The summed E-state index contributed by atoms with van der Waals surface area (Å²) in [5, 5.41) is 6.14. The number of nitrogens with zero attached hydrogens (tertiary/aromatic N) is 3. The summed E-state index contributed by atoms with van der Waals surface area (Å²) in [4.78, 5) is 8.40. The number of anilines is 1. The van der Waals surface area contributed by atoms with E-state index in [4.69, 9.17) is 0 Å². The number of aryl methyl sites for hydroxylation is 1. The Bertz CT molecular complexity index is 489. The van der Waals surface area contributed by atoms with Crippen LogP contribution in [-0.2, 0) is 0 Å². The van der Waals surface area contributed by atoms with Crippen LogP contribution < -0.4 is 5.43 Å². The number of hydrogen-bond donors (Lipinski definition) is 1. The van der Waals surface area contributed by atoms with Crippen LogP contribution in [0.4, 0.5) is 5.82 Å². The Labute approximate surface area is 92.1 Å². The molecule has 0 aliphatic rings. The van der Waals surface area contributed by atoms with Gasteiger partial charge in [0, 0.05) is 6.21 Å². The Kier molecular flexibility index (Phi) is 2.91.